The van der Waals surface area contributed by atoms with Crippen LogP contribution in [0.4, 0.5) is 0 Å². The number of carbonyl (C=O) groups is 1. The van der Waals surface area contributed by atoms with Gasteiger partial charge in [-0.3, -0.25) is 4.90 Å². The molecular weight excluding hydrogens is 352 g/mol. The largest absolute Gasteiger partial charge is 0.462 e. The van der Waals surface area contributed by atoms with Crippen LogP contribution in [0.1, 0.15) is 41.6 Å². The first-order chi connectivity index (χ1) is 13.7. The molecule has 28 heavy (non-hydrogen) atoms. The molecule has 2 heterocycles. The Morgan fingerprint density at radius 1 is 1.18 bits per heavy atom. The highest BCUT2D eigenvalue weighted by atomic mass is 16.5. The summed E-state index contributed by atoms with van der Waals surface area (Å²) in [5.41, 5.74) is 3.34. The van der Waals surface area contributed by atoms with E-state index in [0.717, 1.165) is 55.9 Å². The number of oxazole rings is 1. The van der Waals surface area contributed by atoms with Crippen molar-refractivity contribution in [3.05, 3.63) is 65.5 Å². The van der Waals surface area contributed by atoms with Crippen molar-refractivity contribution in [2.75, 3.05) is 19.7 Å². The topological polar surface area (TPSA) is 55.6 Å². The lowest BCUT2D eigenvalue weighted by Crippen LogP contribution is -2.33. The lowest BCUT2D eigenvalue weighted by molar-refractivity contribution is 0.0526. The number of ether oxygens (including phenoxy) is 1. The zero-order valence-corrected chi connectivity index (χ0v) is 16.3. The van der Waals surface area contributed by atoms with Crippen LogP contribution in [0, 0.1) is 5.92 Å². The predicted octanol–water partition coefficient (Wildman–Crippen LogP) is 4.46. The molecule has 0 aliphatic carbocycles. The van der Waals surface area contributed by atoms with Gasteiger partial charge in [0.05, 0.1) is 12.2 Å². The predicted molar refractivity (Wildman–Crippen MR) is 108 cm³/mol. The number of hydrogen-bond acceptors (Lipinski definition) is 5. The number of likely N-dealkylation sites (tertiary alicyclic amines) is 1. The summed E-state index contributed by atoms with van der Waals surface area (Å²) in [5, 5.41) is 0. The van der Waals surface area contributed by atoms with Gasteiger partial charge in [0.25, 0.3) is 0 Å². The van der Waals surface area contributed by atoms with E-state index in [1.54, 1.807) is 25.1 Å². The van der Waals surface area contributed by atoms with E-state index in [0.29, 0.717) is 18.1 Å². The summed E-state index contributed by atoms with van der Waals surface area (Å²) in [6, 6.07) is 15.9. The van der Waals surface area contributed by atoms with Crippen LogP contribution in [-0.4, -0.2) is 35.5 Å². The molecule has 3 aromatic rings. The molecule has 0 unspecified atom stereocenters. The summed E-state index contributed by atoms with van der Waals surface area (Å²) >= 11 is 0. The third-order valence-electron chi connectivity index (χ3n) is 5.36. The third kappa shape index (κ3) is 4.42. The number of benzene rings is 2. The van der Waals surface area contributed by atoms with Crippen molar-refractivity contribution in [2.24, 2.45) is 5.92 Å². The standard InChI is InChI=1S/C23H26N2O3/c1-2-27-23(26)19-8-9-21-20(15-19)24-22(28-21)14-17-10-12-25(13-11-17)16-18-6-4-3-5-7-18/h3-9,15,17H,2,10-14,16H2,1H3. The van der Waals surface area contributed by atoms with Gasteiger partial charge in [-0.05, 0) is 62.5 Å². The van der Waals surface area contributed by atoms with Crippen molar-refractivity contribution in [2.45, 2.75) is 32.7 Å². The van der Waals surface area contributed by atoms with Crippen molar-refractivity contribution in [3.8, 4) is 0 Å². The van der Waals surface area contributed by atoms with E-state index >= 15 is 0 Å². The third-order valence-corrected chi connectivity index (χ3v) is 5.36. The summed E-state index contributed by atoms with van der Waals surface area (Å²) in [6.45, 7) is 5.40. The smallest absolute Gasteiger partial charge is 0.338 e. The van der Waals surface area contributed by atoms with E-state index in [1.807, 2.05) is 0 Å². The molecular formula is C23H26N2O3. The highest BCUT2D eigenvalue weighted by Crippen LogP contribution is 2.25. The number of carbonyl (C=O) groups excluding carboxylic acids is 1. The van der Waals surface area contributed by atoms with Gasteiger partial charge in [-0.25, -0.2) is 9.78 Å². The van der Waals surface area contributed by atoms with Crippen molar-refractivity contribution >= 4 is 17.1 Å². The van der Waals surface area contributed by atoms with Crippen LogP contribution < -0.4 is 0 Å². The molecule has 0 amide bonds. The van der Waals surface area contributed by atoms with E-state index in [1.165, 1.54) is 5.56 Å². The summed E-state index contributed by atoms with van der Waals surface area (Å²) in [6.07, 6.45) is 3.15. The van der Waals surface area contributed by atoms with E-state index in [4.69, 9.17) is 9.15 Å². The quantitative estimate of drug-likeness (QED) is 0.593. The second kappa shape index (κ2) is 8.57. The minimum atomic E-state index is -0.320. The van der Waals surface area contributed by atoms with E-state index in [2.05, 4.69) is 40.2 Å². The zero-order valence-electron chi connectivity index (χ0n) is 16.3. The van der Waals surface area contributed by atoms with Crippen LogP contribution in [0.5, 0.6) is 0 Å². The molecule has 0 bridgehead atoms. The number of esters is 1. The lowest BCUT2D eigenvalue weighted by atomic mass is 9.93. The van der Waals surface area contributed by atoms with E-state index < -0.39 is 0 Å². The Kier molecular flexibility index (Phi) is 5.72. The van der Waals surface area contributed by atoms with Crippen LogP contribution in [0.2, 0.25) is 0 Å². The summed E-state index contributed by atoms with van der Waals surface area (Å²) in [7, 11) is 0. The fraction of sp³-hybridized carbons (Fsp3) is 0.391. The Morgan fingerprint density at radius 3 is 2.71 bits per heavy atom. The molecule has 1 saturated heterocycles. The van der Waals surface area contributed by atoms with Crippen molar-refractivity contribution in [3.63, 3.8) is 0 Å². The van der Waals surface area contributed by atoms with Crippen molar-refractivity contribution in [1.82, 2.24) is 9.88 Å². The lowest BCUT2D eigenvalue weighted by Gasteiger charge is -2.31. The molecule has 1 fully saturated rings. The Morgan fingerprint density at radius 2 is 1.96 bits per heavy atom. The SMILES string of the molecule is CCOC(=O)c1ccc2oc(CC3CCN(Cc4ccccc4)CC3)nc2c1. The maximum Gasteiger partial charge on any atom is 0.338 e. The number of aromatic nitrogens is 1. The van der Waals surface area contributed by atoms with Crippen LogP contribution >= 0.6 is 0 Å². The number of fused-ring (bicyclic) bond motifs is 1. The molecule has 4 rings (SSSR count). The average molecular weight is 378 g/mol. The molecule has 1 aliphatic heterocycles. The zero-order chi connectivity index (χ0) is 19.3. The number of piperidine rings is 1. The second-order valence-corrected chi connectivity index (χ2v) is 7.42. The molecule has 1 aromatic heterocycles. The van der Waals surface area contributed by atoms with Gasteiger partial charge in [-0.1, -0.05) is 30.3 Å². The Balaban J connectivity index is 1.34. The monoisotopic (exact) mass is 378 g/mol. The maximum atomic E-state index is 11.9. The Hall–Kier alpha value is -2.66. The molecule has 0 atom stereocenters. The minimum Gasteiger partial charge on any atom is -0.462 e. The highest BCUT2D eigenvalue weighted by Gasteiger charge is 2.22. The molecule has 2 aromatic carbocycles. The van der Waals surface area contributed by atoms with Crippen molar-refractivity contribution < 1.29 is 13.9 Å². The Bertz CT molecular complexity index is 927. The van der Waals surface area contributed by atoms with Gasteiger partial charge in [-0.2, -0.15) is 0 Å². The number of nitrogens with zero attached hydrogens (tertiary/aromatic N) is 2. The molecule has 0 saturated carbocycles. The highest BCUT2D eigenvalue weighted by molar-refractivity contribution is 5.93. The molecule has 146 valence electrons. The average Bonchev–Trinajstić information content (AvgIpc) is 3.12. The van der Waals surface area contributed by atoms with Crippen LogP contribution in [0.25, 0.3) is 11.1 Å². The normalized spacial score (nSPS) is 15.8. The Labute approximate surface area is 165 Å². The minimum absolute atomic E-state index is 0.320. The molecule has 5 heteroatoms. The van der Waals surface area contributed by atoms with E-state index in [-0.39, 0.29) is 5.97 Å². The first kappa shape index (κ1) is 18.7. The van der Waals surface area contributed by atoms with Gasteiger partial charge in [0, 0.05) is 13.0 Å². The summed E-state index contributed by atoms with van der Waals surface area (Å²) < 4.78 is 11.0. The molecule has 0 N–H and O–H groups in total. The molecule has 5 nitrogen and oxygen atoms in total. The molecule has 0 spiro atoms. The number of rotatable bonds is 6. The van der Waals surface area contributed by atoms with Gasteiger partial charge < -0.3 is 9.15 Å². The molecule has 1 aliphatic rings. The fourth-order valence-corrected chi connectivity index (χ4v) is 3.84. The summed E-state index contributed by atoms with van der Waals surface area (Å²) in [5.74, 6) is 1.03. The van der Waals surface area contributed by atoms with Gasteiger partial charge in [-0.15, -0.1) is 0 Å². The van der Waals surface area contributed by atoms with Crippen LogP contribution in [0.3, 0.4) is 0 Å². The van der Waals surface area contributed by atoms with Crippen LogP contribution in [-0.2, 0) is 17.7 Å². The van der Waals surface area contributed by atoms with Gasteiger partial charge in [0.1, 0.15) is 5.52 Å². The van der Waals surface area contributed by atoms with Gasteiger partial charge in [0.15, 0.2) is 11.5 Å². The van der Waals surface area contributed by atoms with Gasteiger partial charge in [0.2, 0.25) is 0 Å². The maximum absolute atomic E-state index is 11.9. The second-order valence-electron chi connectivity index (χ2n) is 7.42. The number of hydrogen-bond donors (Lipinski definition) is 0. The van der Waals surface area contributed by atoms with E-state index in [9.17, 15) is 4.79 Å². The van der Waals surface area contributed by atoms with Gasteiger partial charge >= 0.3 is 5.97 Å². The van der Waals surface area contributed by atoms with Crippen LogP contribution in [0.15, 0.2) is 52.9 Å². The fourth-order valence-electron chi connectivity index (χ4n) is 3.84. The first-order valence-electron chi connectivity index (χ1n) is 10.0. The molecule has 0 radical (unpaired) electrons. The summed E-state index contributed by atoms with van der Waals surface area (Å²) in [4.78, 5) is 19.0. The first-order valence-corrected chi connectivity index (χ1v) is 10.0. The van der Waals surface area contributed by atoms with Crippen molar-refractivity contribution in [1.29, 1.82) is 0 Å².